The summed E-state index contributed by atoms with van der Waals surface area (Å²) in [7, 11) is 0. The first-order chi connectivity index (χ1) is 13.2. The van der Waals surface area contributed by atoms with Crippen molar-refractivity contribution in [1.82, 2.24) is 9.99 Å². The van der Waals surface area contributed by atoms with Gasteiger partial charge in [-0.25, -0.2) is 9.82 Å². The number of amides is 1. The van der Waals surface area contributed by atoms with Gasteiger partial charge in [0.2, 0.25) is 0 Å². The largest absolute Gasteiger partial charge is 0.459 e. The lowest BCUT2D eigenvalue weighted by Crippen LogP contribution is -2.16. The second-order valence-corrected chi connectivity index (χ2v) is 6.07. The molecule has 27 heavy (non-hydrogen) atoms. The summed E-state index contributed by atoms with van der Waals surface area (Å²) in [5, 5.41) is 4.99. The molecule has 4 rings (SSSR count). The maximum atomic E-state index is 13.4. The number of aromatic nitrogens is 1. The normalized spacial score (nSPS) is 11.3. The molecular weight excluding hydrogens is 345 g/mol. The molecule has 0 radical (unpaired) electrons. The average molecular weight is 361 g/mol. The fraction of sp³-hybridized carbons (Fsp3) is 0.0476. The van der Waals surface area contributed by atoms with Crippen molar-refractivity contribution in [1.29, 1.82) is 0 Å². The van der Waals surface area contributed by atoms with Crippen LogP contribution in [-0.4, -0.2) is 16.7 Å². The van der Waals surface area contributed by atoms with E-state index in [0.29, 0.717) is 6.54 Å². The van der Waals surface area contributed by atoms with Gasteiger partial charge in [0.15, 0.2) is 5.76 Å². The van der Waals surface area contributed by atoms with Gasteiger partial charge in [0.05, 0.1) is 12.5 Å². The van der Waals surface area contributed by atoms with Crippen LogP contribution in [-0.2, 0) is 6.54 Å². The first-order valence-corrected chi connectivity index (χ1v) is 8.39. The summed E-state index contributed by atoms with van der Waals surface area (Å²) in [6, 6.07) is 17.6. The molecule has 2 heterocycles. The number of hydrazone groups is 1. The lowest BCUT2D eigenvalue weighted by Gasteiger charge is -2.06. The van der Waals surface area contributed by atoms with E-state index < -0.39 is 5.91 Å². The SMILES string of the molecule is O=C(N/N=C\c1ccc2c(ccn2Cc2cccc(F)c2)c1)c1ccco1. The predicted molar refractivity (Wildman–Crippen MR) is 101 cm³/mol. The molecule has 0 atom stereocenters. The number of benzene rings is 2. The molecule has 5 nitrogen and oxygen atoms in total. The van der Waals surface area contributed by atoms with E-state index in [-0.39, 0.29) is 11.6 Å². The van der Waals surface area contributed by atoms with E-state index in [1.165, 1.54) is 18.4 Å². The van der Waals surface area contributed by atoms with Gasteiger partial charge in [-0.05, 0) is 53.6 Å². The highest BCUT2D eigenvalue weighted by Crippen LogP contribution is 2.19. The first-order valence-electron chi connectivity index (χ1n) is 8.39. The number of hydrogen-bond donors (Lipinski definition) is 1. The van der Waals surface area contributed by atoms with Crippen molar-refractivity contribution >= 4 is 23.0 Å². The molecule has 0 saturated carbocycles. The van der Waals surface area contributed by atoms with Gasteiger partial charge in [0.25, 0.3) is 0 Å². The van der Waals surface area contributed by atoms with Crippen molar-refractivity contribution in [2.75, 3.05) is 0 Å². The molecule has 4 aromatic rings. The average Bonchev–Trinajstić information content (AvgIpc) is 3.32. The van der Waals surface area contributed by atoms with Crippen LogP contribution in [0.2, 0.25) is 0 Å². The fourth-order valence-corrected chi connectivity index (χ4v) is 2.90. The highest BCUT2D eigenvalue weighted by atomic mass is 19.1. The minimum absolute atomic E-state index is 0.206. The zero-order chi connectivity index (χ0) is 18.6. The fourth-order valence-electron chi connectivity index (χ4n) is 2.90. The Labute approximate surface area is 154 Å². The van der Waals surface area contributed by atoms with E-state index in [4.69, 9.17) is 4.42 Å². The smallest absolute Gasteiger partial charge is 0.307 e. The summed E-state index contributed by atoms with van der Waals surface area (Å²) >= 11 is 0. The first kappa shape index (κ1) is 16.8. The third-order valence-electron chi connectivity index (χ3n) is 4.16. The highest BCUT2D eigenvalue weighted by molar-refractivity contribution is 5.93. The van der Waals surface area contributed by atoms with Crippen LogP contribution in [0.15, 0.2) is 82.6 Å². The van der Waals surface area contributed by atoms with E-state index in [9.17, 15) is 9.18 Å². The molecule has 134 valence electrons. The lowest BCUT2D eigenvalue weighted by atomic mass is 10.1. The van der Waals surface area contributed by atoms with Gasteiger partial charge in [-0.15, -0.1) is 0 Å². The maximum absolute atomic E-state index is 13.4. The summed E-state index contributed by atoms with van der Waals surface area (Å²) in [5.41, 5.74) is 5.21. The topological polar surface area (TPSA) is 59.5 Å². The third-order valence-corrected chi connectivity index (χ3v) is 4.16. The van der Waals surface area contributed by atoms with Gasteiger partial charge in [0.1, 0.15) is 5.82 Å². The molecule has 0 spiro atoms. The lowest BCUT2D eigenvalue weighted by molar-refractivity contribution is 0.0927. The Morgan fingerprint density at radius 1 is 1.15 bits per heavy atom. The second kappa shape index (κ2) is 7.29. The number of fused-ring (bicyclic) bond motifs is 1. The Morgan fingerprint density at radius 2 is 2.07 bits per heavy atom. The monoisotopic (exact) mass is 361 g/mol. The van der Waals surface area contributed by atoms with Crippen molar-refractivity contribution in [3.8, 4) is 0 Å². The van der Waals surface area contributed by atoms with Crippen LogP contribution in [0.4, 0.5) is 4.39 Å². The number of carbonyl (C=O) groups is 1. The minimum atomic E-state index is -0.404. The Morgan fingerprint density at radius 3 is 2.89 bits per heavy atom. The van der Waals surface area contributed by atoms with Crippen molar-refractivity contribution in [2.45, 2.75) is 6.54 Å². The second-order valence-electron chi connectivity index (χ2n) is 6.07. The van der Waals surface area contributed by atoms with Gasteiger partial charge >= 0.3 is 5.91 Å². The molecule has 0 aliphatic carbocycles. The number of halogens is 1. The van der Waals surface area contributed by atoms with Crippen LogP contribution in [0.3, 0.4) is 0 Å². The Bertz CT molecular complexity index is 1110. The summed E-state index contributed by atoms with van der Waals surface area (Å²) in [4.78, 5) is 11.8. The van der Waals surface area contributed by atoms with Gasteiger partial charge in [-0.1, -0.05) is 18.2 Å². The van der Waals surface area contributed by atoms with E-state index in [2.05, 4.69) is 15.1 Å². The number of nitrogens with one attached hydrogen (secondary N) is 1. The molecule has 0 fully saturated rings. The number of carbonyl (C=O) groups excluding carboxylic acids is 1. The molecule has 0 aliphatic heterocycles. The van der Waals surface area contributed by atoms with Crippen molar-refractivity contribution in [2.24, 2.45) is 5.10 Å². The minimum Gasteiger partial charge on any atom is -0.459 e. The van der Waals surface area contributed by atoms with Crippen molar-refractivity contribution < 1.29 is 13.6 Å². The van der Waals surface area contributed by atoms with E-state index in [1.807, 2.05) is 36.5 Å². The van der Waals surface area contributed by atoms with Crippen LogP contribution in [0.25, 0.3) is 10.9 Å². The molecule has 6 heteroatoms. The zero-order valence-electron chi connectivity index (χ0n) is 14.3. The summed E-state index contributed by atoms with van der Waals surface area (Å²) < 4.78 is 20.4. The molecule has 2 aromatic heterocycles. The quantitative estimate of drug-likeness (QED) is 0.428. The number of nitrogens with zero attached hydrogens (tertiary/aromatic N) is 2. The van der Waals surface area contributed by atoms with Crippen LogP contribution in [0.5, 0.6) is 0 Å². The molecule has 0 aliphatic rings. The molecule has 0 bridgehead atoms. The standard InChI is InChI=1S/C21H16FN3O2/c22-18-4-1-3-16(12-18)14-25-9-8-17-11-15(6-7-19(17)25)13-23-24-21(26)20-5-2-10-27-20/h1-13H,14H2,(H,24,26)/b23-13-. The Balaban J connectivity index is 1.48. The molecule has 1 amide bonds. The van der Waals surface area contributed by atoms with Crippen LogP contribution in [0, 0.1) is 5.82 Å². The van der Waals surface area contributed by atoms with E-state index in [1.54, 1.807) is 24.4 Å². The zero-order valence-corrected chi connectivity index (χ0v) is 14.3. The Kier molecular flexibility index (Phi) is 4.53. The third kappa shape index (κ3) is 3.79. The molecule has 0 unspecified atom stereocenters. The van der Waals surface area contributed by atoms with Gasteiger partial charge in [0, 0.05) is 23.6 Å². The van der Waals surface area contributed by atoms with Crippen LogP contribution >= 0.6 is 0 Å². The maximum Gasteiger partial charge on any atom is 0.307 e. The van der Waals surface area contributed by atoms with Gasteiger partial charge in [-0.2, -0.15) is 5.10 Å². The predicted octanol–water partition coefficient (Wildman–Crippen LogP) is 4.19. The molecule has 2 aromatic carbocycles. The van der Waals surface area contributed by atoms with E-state index in [0.717, 1.165) is 22.0 Å². The molecular formula is C21H16FN3O2. The van der Waals surface area contributed by atoms with Crippen molar-refractivity contribution in [3.05, 3.63) is 95.8 Å². The van der Waals surface area contributed by atoms with Crippen LogP contribution in [0.1, 0.15) is 21.7 Å². The Hall–Kier alpha value is -3.67. The molecule has 1 N–H and O–H groups in total. The molecule has 0 saturated heterocycles. The summed E-state index contributed by atoms with van der Waals surface area (Å²) in [6.07, 6.45) is 4.97. The highest BCUT2D eigenvalue weighted by Gasteiger charge is 2.06. The van der Waals surface area contributed by atoms with Crippen LogP contribution < -0.4 is 5.43 Å². The number of rotatable bonds is 5. The van der Waals surface area contributed by atoms with Gasteiger partial charge < -0.3 is 8.98 Å². The van der Waals surface area contributed by atoms with Crippen molar-refractivity contribution in [3.63, 3.8) is 0 Å². The number of hydrogen-bond acceptors (Lipinski definition) is 3. The number of furan rings is 1. The summed E-state index contributed by atoms with van der Waals surface area (Å²) in [5.74, 6) is -0.436. The van der Waals surface area contributed by atoms with Gasteiger partial charge in [-0.3, -0.25) is 4.79 Å². The van der Waals surface area contributed by atoms with E-state index >= 15 is 0 Å². The summed E-state index contributed by atoms with van der Waals surface area (Å²) in [6.45, 7) is 0.591.